The summed E-state index contributed by atoms with van der Waals surface area (Å²) in [6, 6.07) is 8.50. The maximum atomic E-state index is 14.4. The van der Waals surface area contributed by atoms with Gasteiger partial charge in [-0.15, -0.1) is 11.3 Å². The fourth-order valence-corrected chi connectivity index (χ4v) is 7.34. The third kappa shape index (κ3) is 9.93. The van der Waals surface area contributed by atoms with Crippen LogP contribution in [0.2, 0.25) is 0 Å². The van der Waals surface area contributed by atoms with Gasteiger partial charge in [0, 0.05) is 59.5 Å². The third-order valence-electron chi connectivity index (χ3n) is 9.71. The van der Waals surface area contributed by atoms with Gasteiger partial charge in [-0.3, -0.25) is 33.6 Å². The number of thiazole rings is 1. The fraction of sp³-hybridized carbons (Fsp3) is 0.300. The van der Waals surface area contributed by atoms with Crippen LogP contribution in [0.3, 0.4) is 0 Å². The number of likely N-dealkylation sites (N-methyl/N-ethyl adjacent to an activating group) is 1. The van der Waals surface area contributed by atoms with Gasteiger partial charge in [0.15, 0.2) is 0 Å². The first-order valence-electron chi connectivity index (χ1n) is 18.6. The van der Waals surface area contributed by atoms with Gasteiger partial charge in [0.1, 0.15) is 34.6 Å². The Kier molecular flexibility index (Phi) is 12.7. The Labute approximate surface area is 341 Å². The van der Waals surface area contributed by atoms with Crippen molar-refractivity contribution in [2.24, 2.45) is 0 Å². The molecule has 4 heterocycles. The van der Waals surface area contributed by atoms with Gasteiger partial charge in [0.25, 0.3) is 11.8 Å². The number of carbonyl (C=O) groups is 7. The first-order chi connectivity index (χ1) is 28.2. The quantitative estimate of drug-likeness (QED) is 0.118. The van der Waals surface area contributed by atoms with Crippen molar-refractivity contribution in [2.75, 3.05) is 27.2 Å². The van der Waals surface area contributed by atoms with E-state index in [4.69, 9.17) is 4.74 Å². The number of carbonyl (C=O) groups excluding carboxylic acids is 7. The van der Waals surface area contributed by atoms with E-state index in [0.717, 1.165) is 43.6 Å². The van der Waals surface area contributed by atoms with Crippen molar-refractivity contribution in [1.29, 1.82) is 0 Å². The lowest BCUT2D eigenvalue weighted by Crippen LogP contribution is -2.56. The van der Waals surface area contributed by atoms with Crippen LogP contribution in [-0.4, -0.2) is 107 Å². The van der Waals surface area contributed by atoms with Crippen molar-refractivity contribution >= 4 is 74.5 Å². The van der Waals surface area contributed by atoms with Crippen molar-refractivity contribution in [3.63, 3.8) is 0 Å². The monoisotopic (exact) mass is 824 g/mol. The summed E-state index contributed by atoms with van der Waals surface area (Å²) in [6.45, 7) is 5.65. The molecule has 59 heavy (non-hydrogen) atoms. The van der Waals surface area contributed by atoms with E-state index in [1.165, 1.54) is 26.5 Å². The number of hydrogen-bond acceptors (Lipinski definition) is 10. The van der Waals surface area contributed by atoms with E-state index < -0.39 is 78.6 Å². The summed E-state index contributed by atoms with van der Waals surface area (Å²) in [4.78, 5) is 106. The van der Waals surface area contributed by atoms with E-state index in [2.05, 4.69) is 53.4 Å². The van der Waals surface area contributed by atoms with E-state index in [0.29, 0.717) is 16.3 Å². The zero-order chi connectivity index (χ0) is 42.4. The van der Waals surface area contributed by atoms with Crippen LogP contribution in [0.25, 0.3) is 21.8 Å². The molecule has 1 aliphatic heterocycles. The van der Waals surface area contributed by atoms with Crippen LogP contribution < -0.4 is 36.6 Å². The second-order valence-electron chi connectivity index (χ2n) is 14.1. The molecule has 2 bridgehead atoms. The van der Waals surface area contributed by atoms with Gasteiger partial charge in [-0.1, -0.05) is 24.8 Å². The molecule has 5 aromatic rings. The summed E-state index contributed by atoms with van der Waals surface area (Å²) < 4.78 is 5.41. The number of benzene rings is 2. The van der Waals surface area contributed by atoms with Gasteiger partial charge in [-0.25, -0.2) is 4.98 Å². The van der Waals surface area contributed by atoms with E-state index in [1.807, 2.05) is 30.3 Å². The molecule has 7 amide bonds. The molecule has 0 saturated carbocycles. The standard InChI is InChI=1S/C40H44N10O8S/c1-20-35(53)46-22(3)40(57)50(4)18-34(52)45-21(2)39-49-32(19-59-39)38(56)48-31(12-23-15-41-28-9-7-6-8-26(23)28)37(55)47-30(36(54)43-17-33(51)44-20)13-24-16-42-29-11-10-25(58-5)14-27(24)29/h6-11,14-16,19-21,30-31,41-42H,3,12-13,17-18H2,1-2,4-5H3,(H,43,54)(H,44,51)(H,45,52)(H,46,53)(H,47,55)(H,48,56)/t20-,21?,30-,31-/m0/s1. The maximum absolute atomic E-state index is 14.4. The molecule has 6 rings (SSSR count). The lowest BCUT2D eigenvalue weighted by Gasteiger charge is -2.23. The second kappa shape index (κ2) is 18.1. The Balaban J connectivity index is 1.33. The summed E-state index contributed by atoms with van der Waals surface area (Å²) in [5.41, 5.74) is 2.58. The average molecular weight is 825 g/mol. The molecular weight excluding hydrogens is 781 g/mol. The molecule has 18 nitrogen and oxygen atoms in total. The lowest BCUT2D eigenvalue weighted by atomic mass is 10.0. The van der Waals surface area contributed by atoms with Gasteiger partial charge < -0.3 is 51.5 Å². The minimum absolute atomic E-state index is 0.0149. The number of para-hydroxylation sites is 1. The van der Waals surface area contributed by atoms with Gasteiger partial charge in [0.2, 0.25) is 29.5 Å². The number of fused-ring (bicyclic) bond motifs is 4. The molecule has 0 radical (unpaired) electrons. The molecule has 0 fully saturated rings. The summed E-state index contributed by atoms with van der Waals surface area (Å²) in [5.74, 6) is -4.35. The average Bonchev–Trinajstić information content (AvgIpc) is 3.98. The highest BCUT2D eigenvalue weighted by atomic mass is 32.1. The number of aromatic nitrogens is 3. The smallest absolute Gasteiger partial charge is 0.271 e. The summed E-state index contributed by atoms with van der Waals surface area (Å²) in [6.07, 6.45) is 3.42. The van der Waals surface area contributed by atoms with E-state index in [-0.39, 0.29) is 24.2 Å². The normalized spacial score (nSPS) is 20.9. The highest BCUT2D eigenvalue weighted by molar-refractivity contribution is 7.09. The molecule has 308 valence electrons. The fourth-order valence-electron chi connectivity index (χ4n) is 6.53. The molecule has 1 unspecified atom stereocenters. The van der Waals surface area contributed by atoms with Gasteiger partial charge in [0.05, 0.1) is 31.9 Å². The molecule has 0 spiro atoms. The number of hydrogen-bond donors (Lipinski definition) is 8. The van der Waals surface area contributed by atoms with Crippen molar-refractivity contribution in [2.45, 2.75) is 50.9 Å². The van der Waals surface area contributed by atoms with Crippen LogP contribution in [-0.2, 0) is 41.6 Å². The zero-order valence-corrected chi connectivity index (χ0v) is 33.5. The third-order valence-corrected chi connectivity index (χ3v) is 10.7. The number of aromatic amines is 2. The predicted molar refractivity (Wildman–Crippen MR) is 218 cm³/mol. The number of amides is 7. The molecule has 8 N–H and O–H groups in total. The maximum Gasteiger partial charge on any atom is 0.271 e. The SMILES string of the molecule is C=C1NC(=O)[C@H](C)NC(=O)CNC(=O)[C@H](Cc2c[nH]c3ccc(OC)cc23)NC(=O)[C@H](Cc2c[nH]c3ccccc23)NC(=O)c2csc(n2)C(C)NC(=O)CN(C)C1=O. The van der Waals surface area contributed by atoms with E-state index >= 15 is 0 Å². The predicted octanol–water partition coefficient (Wildman–Crippen LogP) is 1.08. The van der Waals surface area contributed by atoms with E-state index in [1.54, 1.807) is 31.5 Å². The van der Waals surface area contributed by atoms with Crippen molar-refractivity contribution in [1.82, 2.24) is 51.8 Å². The van der Waals surface area contributed by atoms with Gasteiger partial charge in [-0.05, 0) is 49.2 Å². The van der Waals surface area contributed by atoms with Crippen molar-refractivity contribution in [3.05, 3.63) is 94.3 Å². The number of H-pyrrole nitrogens is 2. The number of nitrogens with zero attached hydrogens (tertiary/aromatic N) is 2. The molecule has 19 heteroatoms. The molecule has 1 aliphatic rings. The topological polar surface area (TPSA) is 249 Å². The highest BCUT2D eigenvalue weighted by Crippen LogP contribution is 2.25. The molecule has 4 atom stereocenters. The molecular formula is C40H44N10O8S. The highest BCUT2D eigenvalue weighted by Gasteiger charge is 2.31. The van der Waals surface area contributed by atoms with Crippen LogP contribution in [0.15, 0.2) is 72.5 Å². The molecule has 0 saturated heterocycles. The number of ether oxygens (including phenoxy) is 1. The van der Waals surface area contributed by atoms with Crippen molar-refractivity contribution in [3.8, 4) is 5.75 Å². The van der Waals surface area contributed by atoms with Crippen LogP contribution in [0.1, 0.15) is 46.5 Å². The summed E-state index contributed by atoms with van der Waals surface area (Å²) in [5, 5.41) is 19.1. The Bertz CT molecular complexity index is 2450. The Hall–Kier alpha value is -7.02. The first-order valence-corrected chi connectivity index (χ1v) is 19.5. The molecule has 0 aliphatic carbocycles. The first kappa shape index (κ1) is 41.6. The second-order valence-corrected chi connectivity index (χ2v) is 15.0. The number of methoxy groups -OCH3 is 1. The van der Waals surface area contributed by atoms with Gasteiger partial charge in [-0.2, -0.15) is 0 Å². The zero-order valence-electron chi connectivity index (χ0n) is 32.7. The Morgan fingerprint density at radius 3 is 2.19 bits per heavy atom. The van der Waals surface area contributed by atoms with Crippen molar-refractivity contribution < 1.29 is 38.3 Å². The Morgan fingerprint density at radius 1 is 0.797 bits per heavy atom. The summed E-state index contributed by atoms with van der Waals surface area (Å²) in [7, 11) is 2.87. The van der Waals surface area contributed by atoms with E-state index in [9.17, 15) is 33.6 Å². The van der Waals surface area contributed by atoms with Crippen LogP contribution in [0.4, 0.5) is 0 Å². The minimum atomic E-state index is -1.27. The molecule has 2 aromatic carbocycles. The largest absolute Gasteiger partial charge is 0.497 e. The van der Waals surface area contributed by atoms with Gasteiger partial charge >= 0.3 is 0 Å². The number of rotatable bonds is 5. The van der Waals surface area contributed by atoms with Crippen LogP contribution >= 0.6 is 11.3 Å². The minimum Gasteiger partial charge on any atom is -0.497 e. The molecule has 3 aromatic heterocycles. The number of nitrogens with one attached hydrogen (secondary N) is 8. The summed E-state index contributed by atoms with van der Waals surface area (Å²) >= 11 is 1.11. The lowest BCUT2D eigenvalue weighted by molar-refractivity contribution is -0.133. The Morgan fingerprint density at radius 2 is 1.46 bits per heavy atom. The van der Waals surface area contributed by atoms with Crippen LogP contribution in [0.5, 0.6) is 5.75 Å². The van der Waals surface area contributed by atoms with Crippen LogP contribution in [0, 0.1) is 0 Å².